The van der Waals surface area contributed by atoms with Crippen molar-refractivity contribution in [1.82, 2.24) is 0 Å². The molecule has 0 bridgehead atoms. The van der Waals surface area contributed by atoms with Crippen LogP contribution in [0.3, 0.4) is 0 Å². The van der Waals surface area contributed by atoms with Gasteiger partial charge in [0.05, 0.1) is 0 Å². The molecule has 1 aliphatic carbocycles. The molecule has 2 rings (SSSR count). The molecule has 1 aromatic rings. The Hall–Kier alpha value is 0.0112. The first-order valence-corrected chi connectivity index (χ1v) is 17.7. The van der Waals surface area contributed by atoms with Gasteiger partial charge in [-0.2, -0.15) is 0 Å². The third-order valence-corrected chi connectivity index (χ3v) is 13.0. The summed E-state index contributed by atoms with van der Waals surface area (Å²) >= 11 is -2.87. The maximum atomic E-state index is 6.65. The molecule has 1 nitrogen and oxygen atoms in total. The summed E-state index contributed by atoms with van der Waals surface area (Å²) in [6, 6.07) is 8.67. The minimum atomic E-state index is -2.87. The van der Waals surface area contributed by atoms with Gasteiger partial charge in [0.15, 0.2) is 0 Å². The Morgan fingerprint density at radius 3 is 2.27 bits per heavy atom. The van der Waals surface area contributed by atoms with Crippen molar-refractivity contribution in [3.05, 3.63) is 51.9 Å². The molecule has 5 heteroatoms. The monoisotopic (exact) mass is 395 g/mol. The normalized spacial score (nSPS) is 16.0. The van der Waals surface area contributed by atoms with Gasteiger partial charge in [0.2, 0.25) is 0 Å². The van der Waals surface area contributed by atoms with E-state index in [0.29, 0.717) is 0 Å². The van der Waals surface area contributed by atoms with Crippen LogP contribution >= 0.6 is 24.8 Å². The average molecular weight is 396 g/mol. The molecule has 1 aromatic carbocycles. The Morgan fingerprint density at radius 1 is 1.14 bits per heavy atom. The van der Waals surface area contributed by atoms with E-state index in [1.807, 2.05) is 0 Å². The predicted molar refractivity (Wildman–Crippen MR) is 104 cm³/mol. The number of allylic oxidation sites excluding steroid dienone is 4. The number of halogens is 2. The van der Waals surface area contributed by atoms with Crippen LogP contribution in [-0.4, -0.2) is 8.11 Å². The second-order valence-electron chi connectivity index (χ2n) is 8.17. The zero-order valence-electron chi connectivity index (χ0n) is 14.5. The number of hydrogen-bond acceptors (Lipinski definition) is 1. The smallest absolute Gasteiger partial charge is 0.147 e. The van der Waals surface area contributed by atoms with Crippen molar-refractivity contribution in [2.75, 3.05) is 0 Å². The van der Waals surface area contributed by atoms with Crippen LogP contribution < -0.4 is 3.32 Å². The summed E-state index contributed by atoms with van der Waals surface area (Å²) in [7, 11) is 1.13. The zero-order chi connectivity index (χ0) is 15.0. The predicted octanol–water partition coefficient (Wildman–Crippen LogP) is 5.03. The van der Waals surface area contributed by atoms with Crippen molar-refractivity contribution in [2.45, 2.75) is 43.1 Å². The van der Waals surface area contributed by atoms with E-state index in [2.05, 4.69) is 73.7 Å². The summed E-state index contributed by atoms with van der Waals surface area (Å²) in [4.78, 5) is 0. The molecule has 0 saturated heterocycles. The number of benzene rings is 1. The van der Waals surface area contributed by atoms with Gasteiger partial charge in [-0.15, -0.1) is 24.8 Å². The van der Waals surface area contributed by atoms with Crippen LogP contribution in [0, 0.1) is 0 Å². The van der Waals surface area contributed by atoms with E-state index in [0.717, 1.165) is 20.3 Å². The Balaban J connectivity index is 0.00000220. The Bertz CT molecular complexity index is 580. The third kappa shape index (κ3) is 5.28. The van der Waals surface area contributed by atoms with Crippen molar-refractivity contribution < 1.29 is 18.3 Å². The standard InChI is InChI=1S/C10H14O.C5H5.2CH3.2ClH.H3Si.Ti/c1-10(2,3)8-5-4-6-9(11)7-8;1-2-4-5-3-1;;;;;;/h4-7,11H,1-3H3;1-3H,4H2;2*1H3;2*1H;1H3;/q;;;;;;;+1/p-1. The SMILES string of the molecule is CC(C)(C)c1cccc([O][Ti]([CH3])([CH3])([SiH3])[C]2=CC=CC2)c1.Cl.Cl. The van der Waals surface area contributed by atoms with Crippen molar-refractivity contribution in [2.24, 2.45) is 0 Å². The minimum absolute atomic E-state index is 0. The molecule has 125 valence electrons. The molecule has 1 aliphatic rings. The molecule has 0 unspecified atom stereocenters. The van der Waals surface area contributed by atoms with Gasteiger partial charge in [0, 0.05) is 0 Å². The summed E-state index contributed by atoms with van der Waals surface area (Å²) in [5.74, 6) is 1.06. The Kier molecular flexibility index (Phi) is 7.28. The molecule has 0 fully saturated rings. The molecule has 0 spiro atoms. The van der Waals surface area contributed by atoms with Crippen LogP contribution in [0.15, 0.2) is 46.4 Å². The van der Waals surface area contributed by atoms with E-state index in [9.17, 15) is 0 Å². The second-order valence-corrected chi connectivity index (χ2v) is 30.7. The van der Waals surface area contributed by atoms with E-state index >= 15 is 0 Å². The van der Waals surface area contributed by atoms with Crippen molar-refractivity contribution in [3.63, 3.8) is 0 Å². The Morgan fingerprint density at radius 2 is 1.77 bits per heavy atom. The maximum Gasteiger partial charge on any atom is -0.147 e. The Labute approximate surface area is 151 Å². The average Bonchev–Trinajstić information content (AvgIpc) is 2.81. The van der Waals surface area contributed by atoms with Gasteiger partial charge >= 0.3 is 127 Å². The summed E-state index contributed by atoms with van der Waals surface area (Å²) in [6.07, 6.45) is 7.81. The topological polar surface area (TPSA) is 9.23 Å². The first-order chi connectivity index (χ1) is 9.06. The summed E-state index contributed by atoms with van der Waals surface area (Å²) < 4.78 is 8.22. The summed E-state index contributed by atoms with van der Waals surface area (Å²) in [6.45, 7) is 6.75. The van der Waals surface area contributed by atoms with Crippen LogP contribution in [0.25, 0.3) is 0 Å². The van der Waals surface area contributed by atoms with E-state index in [4.69, 9.17) is 3.32 Å². The van der Waals surface area contributed by atoms with Crippen molar-refractivity contribution in [1.29, 1.82) is 0 Å². The zero-order valence-corrected chi connectivity index (χ0v) is 19.7. The molecular weight excluding hydrogens is 367 g/mol. The summed E-state index contributed by atoms with van der Waals surface area (Å²) in [5.41, 5.74) is 1.52. The van der Waals surface area contributed by atoms with Gasteiger partial charge in [-0.1, -0.05) is 0 Å². The summed E-state index contributed by atoms with van der Waals surface area (Å²) in [5, 5.41) is 4.82. The molecule has 0 amide bonds. The molecule has 0 atom stereocenters. The fourth-order valence-corrected chi connectivity index (χ4v) is 9.08. The van der Waals surface area contributed by atoms with E-state index < -0.39 is 14.9 Å². The number of rotatable bonds is 3. The van der Waals surface area contributed by atoms with Gasteiger partial charge in [-0.3, -0.25) is 0 Å². The van der Waals surface area contributed by atoms with E-state index in [1.165, 1.54) is 5.56 Å². The van der Waals surface area contributed by atoms with Crippen LogP contribution in [0.4, 0.5) is 0 Å². The van der Waals surface area contributed by atoms with E-state index in [1.54, 1.807) is 3.88 Å². The molecule has 0 saturated carbocycles. The molecule has 0 N–H and O–H groups in total. The molecular formula is C17H29Cl2OSiTi. The van der Waals surface area contributed by atoms with Crippen LogP contribution in [0.5, 0.6) is 5.75 Å². The fraction of sp³-hybridized carbons (Fsp3) is 0.412. The first-order valence-electron chi connectivity index (χ1n) is 7.45. The van der Waals surface area contributed by atoms with Crippen LogP contribution in [0.1, 0.15) is 32.8 Å². The first kappa shape index (κ1) is 22.0. The fourth-order valence-electron chi connectivity index (χ4n) is 2.58. The molecule has 0 radical (unpaired) electrons. The maximum absolute atomic E-state index is 6.65. The van der Waals surface area contributed by atoms with Crippen molar-refractivity contribution in [3.8, 4) is 5.75 Å². The van der Waals surface area contributed by atoms with Gasteiger partial charge < -0.3 is 0 Å². The largest absolute Gasteiger partial charge is 0.147 e. The molecule has 0 aromatic heterocycles. The van der Waals surface area contributed by atoms with E-state index in [-0.39, 0.29) is 30.2 Å². The van der Waals surface area contributed by atoms with Crippen LogP contribution in [0.2, 0.25) is 10.5 Å². The quantitative estimate of drug-likeness (QED) is 0.652. The second kappa shape index (κ2) is 7.27. The molecule has 0 heterocycles. The van der Waals surface area contributed by atoms with Gasteiger partial charge in [-0.05, 0) is 0 Å². The third-order valence-electron chi connectivity index (χ3n) is 4.04. The van der Waals surface area contributed by atoms with Crippen LogP contribution in [-0.2, 0) is 20.4 Å². The molecule has 22 heavy (non-hydrogen) atoms. The van der Waals surface area contributed by atoms with Gasteiger partial charge in [0.1, 0.15) is 0 Å². The minimum Gasteiger partial charge on any atom is -0.147 e. The molecule has 0 aliphatic heterocycles. The van der Waals surface area contributed by atoms with Gasteiger partial charge in [0.25, 0.3) is 0 Å². The van der Waals surface area contributed by atoms with Gasteiger partial charge in [-0.25, -0.2) is 0 Å². The number of hydrogen-bond donors (Lipinski definition) is 0. The van der Waals surface area contributed by atoms with Crippen molar-refractivity contribution >= 4 is 32.9 Å².